The zero-order chi connectivity index (χ0) is 17.7. The second-order valence-electron chi connectivity index (χ2n) is 8.46. The highest BCUT2D eigenvalue weighted by Gasteiger charge is 2.39. The summed E-state index contributed by atoms with van der Waals surface area (Å²) in [5, 5.41) is 14.9. The van der Waals surface area contributed by atoms with Gasteiger partial charge in [-0.3, -0.25) is 0 Å². The molecule has 5 nitrogen and oxygen atoms in total. The van der Waals surface area contributed by atoms with Gasteiger partial charge in [-0.1, -0.05) is 20.8 Å². The number of nitrogens with one attached hydrogen (secondary N) is 2. The quantitative estimate of drug-likeness (QED) is 0.614. The molecule has 1 aliphatic rings. The third kappa shape index (κ3) is 6.81. The summed E-state index contributed by atoms with van der Waals surface area (Å²) in [5.74, 6) is 0.597. The van der Waals surface area contributed by atoms with E-state index in [4.69, 9.17) is 9.53 Å². The Bertz CT molecular complexity index is 375. The molecular weight excluding hydrogens is 308 g/mol. The Morgan fingerprint density at radius 2 is 1.83 bits per heavy atom. The summed E-state index contributed by atoms with van der Waals surface area (Å²) in [6.45, 7) is 12.2. The highest BCUT2D eigenvalue weighted by Crippen LogP contribution is 2.40. The van der Waals surface area contributed by atoms with Crippen LogP contribution in [0.15, 0.2) is 0 Å². The molecule has 1 aliphatic carbocycles. The van der Waals surface area contributed by atoms with E-state index in [2.05, 4.69) is 44.5 Å². The van der Waals surface area contributed by atoms with Gasteiger partial charge in [-0.15, -0.1) is 0 Å². The van der Waals surface area contributed by atoms with Crippen LogP contribution in [-0.2, 0) is 4.43 Å². The number of likely N-dealkylation sites (N-methyl/N-ethyl adjacent to an activating group) is 1. The van der Waals surface area contributed by atoms with Gasteiger partial charge in [0.15, 0.2) is 8.32 Å². The Kier molecular flexibility index (Phi) is 7.55. The topological polar surface area (TPSA) is 70.6 Å². The van der Waals surface area contributed by atoms with Gasteiger partial charge in [-0.25, -0.2) is 4.79 Å². The maximum atomic E-state index is 10.9. The van der Waals surface area contributed by atoms with E-state index in [0.29, 0.717) is 18.6 Å². The summed E-state index contributed by atoms with van der Waals surface area (Å²) < 4.78 is 6.53. The molecule has 0 aromatic heterocycles. The molecule has 1 saturated carbocycles. The molecule has 0 aromatic carbocycles. The van der Waals surface area contributed by atoms with Crippen molar-refractivity contribution >= 4 is 14.4 Å². The number of hydrogen-bond donors (Lipinski definition) is 3. The van der Waals surface area contributed by atoms with Crippen molar-refractivity contribution in [3.8, 4) is 0 Å². The van der Waals surface area contributed by atoms with Gasteiger partial charge in [0, 0.05) is 18.7 Å². The fourth-order valence-corrected chi connectivity index (χ4v) is 4.52. The van der Waals surface area contributed by atoms with Crippen molar-refractivity contribution in [2.45, 2.75) is 83.2 Å². The predicted molar refractivity (Wildman–Crippen MR) is 97.5 cm³/mol. The minimum atomic E-state index is -1.68. The van der Waals surface area contributed by atoms with E-state index in [0.717, 1.165) is 32.1 Å². The first-order valence-corrected chi connectivity index (χ1v) is 11.8. The molecule has 3 N–H and O–H groups in total. The minimum absolute atomic E-state index is 0.000333. The van der Waals surface area contributed by atoms with Gasteiger partial charge in [0.25, 0.3) is 0 Å². The molecule has 6 heteroatoms. The van der Waals surface area contributed by atoms with Gasteiger partial charge < -0.3 is 20.2 Å². The molecule has 136 valence electrons. The van der Waals surface area contributed by atoms with Gasteiger partial charge in [-0.05, 0) is 63.2 Å². The van der Waals surface area contributed by atoms with E-state index < -0.39 is 14.4 Å². The Labute approximate surface area is 142 Å². The zero-order valence-corrected chi connectivity index (χ0v) is 16.7. The summed E-state index contributed by atoms with van der Waals surface area (Å²) >= 11 is 0. The van der Waals surface area contributed by atoms with E-state index in [1.165, 1.54) is 0 Å². The van der Waals surface area contributed by atoms with Crippen LogP contribution < -0.4 is 10.6 Å². The van der Waals surface area contributed by atoms with E-state index in [1.54, 1.807) is 0 Å². The number of carbonyl (C=O) groups is 1. The largest absolute Gasteiger partial charge is 0.465 e. The number of amides is 1. The Balaban J connectivity index is 2.44. The van der Waals surface area contributed by atoms with E-state index in [9.17, 15) is 4.79 Å². The lowest BCUT2D eigenvalue weighted by atomic mass is 9.83. The van der Waals surface area contributed by atoms with Crippen LogP contribution in [0.3, 0.4) is 0 Å². The second kappa shape index (κ2) is 8.49. The zero-order valence-electron chi connectivity index (χ0n) is 15.7. The Hall–Kier alpha value is -0.593. The SMILES string of the molecule is CNCC(CC1CCC(O[Si](C)(C)C(C)(C)C)CC1)NC(=O)O. The predicted octanol–water partition coefficient (Wildman–Crippen LogP) is 3.81. The van der Waals surface area contributed by atoms with E-state index >= 15 is 0 Å². The van der Waals surface area contributed by atoms with Gasteiger partial charge in [0.05, 0.1) is 0 Å². The monoisotopic (exact) mass is 344 g/mol. The first-order valence-electron chi connectivity index (χ1n) is 8.87. The lowest BCUT2D eigenvalue weighted by Gasteiger charge is -2.41. The molecule has 0 saturated heterocycles. The van der Waals surface area contributed by atoms with Crippen LogP contribution in [0.2, 0.25) is 18.1 Å². The van der Waals surface area contributed by atoms with Crippen molar-refractivity contribution in [2.24, 2.45) is 5.92 Å². The maximum absolute atomic E-state index is 10.9. The summed E-state index contributed by atoms with van der Waals surface area (Å²) in [6.07, 6.45) is 4.87. The molecule has 0 spiro atoms. The summed E-state index contributed by atoms with van der Waals surface area (Å²) in [4.78, 5) is 10.9. The lowest BCUT2D eigenvalue weighted by Crippen LogP contribution is -2.45. The molecule has 0 heterocycles. The van der Waals surface area contributed by atoms with Crippen LogP contribution in [0.1, 0.15) is 52.9 Å². The summed E-state index contributed by atoms with van der Waals surface area (Å²) in [7, 11) is 0.181. The fourth-order valence-electron chi connectivity index (χ4n) is 3.10. The molecule has 0 aliphatic heterocycles. The molecule has 1 amide bonds. The van der Waals surface area contributed by atoms with Crippen molar-refractivity contribution in [3.05, 3.63) is 0 Å². The molecule has 23 heavy (non-hydrogen) atoms. The lowest BCUT2D eigenvalue weighted by molar-refractivity contribution is 0.110. The molecular formula is C17H36N2O3Si. The van der Waals surface area contributed by atoms with Crippen LogP contribution in [0.4, 0.5) is 4.79 Å². The second-order valence-corrected chi connectivity index (χ2v) is 13.2. The van der Waals surface area contributed by atoms with Gasteiger partial charge >= 0.3 is 6.09 Å². The van der Waals surface area contributed by atoms with Crippen molar-refractivity contribution in [1.29, 1.82) is 0 Å². The van der Waals surface area contributed by atoms with Gasteiger partial charge in [0.2, 0.25) is 0 Å². The third-order valence-electron chi connectivity index (χ3n) is 5.46. The molecule has 1 unspecified atom stereocenters. The Morgan fingerprint density at radius 1 is 1.26 bits per heavy atom. The van der Waals surface area contributed by atoms with Crippen LogP contribution in [-0.4, -0.2) is 45.3 Å². The number of hydrogen-bond acceptors (Lipinski definition) is 3. The van der Waals surface area contributed by atoms with Crippen molar-refractivity contribution < 1.29 is 14.3 Å². The Morgan fingerprint density at radius 3 is 2.26 bits per heavy atom. The average Bonchev–Trinajstić information content (AvgIpc) is 2.39. The molecule has 1 fully saturated rings. The molecule has 0 aromatic rings. The summed E-state index contributed by atoms with van der Waals surface area (Å²) in [5.41, 5.74) is 0. The normalized spacial score (nSPS) is 24.3. The van der Waals surface area contributed by atoms with Gasteiger partial charge in [0.1, 0.15) is 0 Å². The van der Waals surface area contributed by atoms with Crippen molar-refractivity contribution in [1.82, 2.24) is 10.6 Å². The minimum Gasteiger partial charge on any atom is -0.465 e. The highest BCUT2D eigenvalue weighted by atomic mass is 28.4. The van der Waals surface area contributed by atoms with E-state index in [1.807, 2.05) is 7.05 Å². The van der Waals surface area contributed by atoms with E-state index in [-0.39, 0.29) is 11.1 Å². The third-order valence-corrected chi connectivity index (χ3v) is 9.99. The maximum Gasteiger partial charge on any atom is 0.404 e. The highest BCUT2D eigenvalue weighted by molar-refractivity contribution is 6.74. The number of rotatable bonds is 7. The van der Waals surface area contributed by atoms with Crippen LogP contribution in [0.25, 0.3) is 0 Å². The van der Waals surface area contributed by atoms with Crippen LogP contribution in [0.5, 0.6) is 0 Å². The van der Waals surface area contributed by atoms with Crippen LogP contribution in [0, 0.1) is 5.92 Å². The first-order chi connectivity index (χ1) is 10.5. The summed E-state index contributed by atoms with van der Waals surface area (Å²) in [6, 6.07) is 0.000333. The first kappa shape index (κ1) is 20.5. The molecule has 1 rings (SSSR count). The standard InChI is InChI=1S/C17H36N2O3Si/c1-17(2,3)23(5,6)22-15-9-7-13(8-10-15)11-14(12-18-4)19-16(20)21/h13-15,18-19H,7-12H2,1-6H3,(H,20,21). The smallest absolute Gasteiger partial charge is 0.404 e. The fraction of sp³-hybridized carbons (Fsp3) is 0.941. The molecule has 1 atom stereocenters. The number of carboxylic acid groups (broad SMARTS) is 1. The van der Waals surface area contributed by atoms with Crippen LogP contribution >= 0.6 is 0 Å². The van der Waals surface area contributed by atoms with Crippen molar-refractivity contribution in [3.63, 3.8) is 0 Å². The van der Waals surface area contributed by atoms with Crippen molar-refractivity contribution in [2.75, 3.05) is 13.6 Å². The average molecular weight is 345 g/mol. The van der Waals surface area contributed by atoms with Gasteiger partial charge in [-0.2, -0.15) is 0 Å². The molecule has 0 radical (unpaired) electrons. The molecule has 0 bridgehead atoms.